The maximum atomic E-state index is 13.6. The highest BCUT2D eigenvalue weighted by Gasteiger charge is 2.35. The smallest absolute Gasteiger partial charge is 0.336 e. The Labute approximate surface area is 202 Å². The van der Waals surface area contributed by atoms with Gasteiger partial charge >= 0.3 is 6.18 Å². The fourth-order valence-corrected chi connectivity index (χ4v) is 5.51. The van der Waals surface area contributed by atoms with Crippen LogP contribution in [0.2, 0.25) is 0 Å². The van der Waals surface area contributed by atoms with E-state index in [0.717, 1.165) is 44.9 Å². The van der Waals surface area contributed by atoms with Gasteiger partial charge in [0.2, 0.25) is 5.43 Å². The molecular weight excluding hydrogens is 477 g/mol. The molecule has 1 atom stereocenters. The molecule has 0 N–H and O–H groups in total. The average Bonchev–Trinajstić information content (AvgIpc) is 3.28. The third-order valence-corrected chi connectivity index (χ3v) is 7.31. The largest absolute Gasteiger partial charge is 0.418 e. The van der Waals surface area contributed by atoms with Gasteiger partial charge in [0.25, 0.3) is 5.91 Å². The fourth-order valence-electron chi connectivity index (χ4n) is 4.42. The van der Waals surface area contributed by atoms with E-state index < -0.39 is 28.8 Å². The molecule has 4 aromatic rings. The number of carbonyl (C=O) groups is 1. The van der Waals surface area contributed by atoms with Crippen molar-refractivity contribution >= 4 is 27.5 Å². The molecule has 0 saturated carbocycles. The lowest BCUT2D eigenvalue weighted by molar-refractivity contribution is -0.137. The Kier molecular flexibility index (Phi) is 5.92. The summed E-state index contributed by atoms with van der Waals surface area (Å²) in [6.07, 6.45) is -3.03. The Bertz CT molecular complexity index is 1440. The molecule has 1 unspecified atom stereocenters. The summed E-state index contributed by atoms with van der Waals surface area (Å²) in [5.74, 6) is -0.567. The Morgan fingerprint density at radius 1 is 1.11 bits per heavy atom. The van der Waals surface area contributed by atoms with Crippen molar-refractivity contribution in [2.24, 2.45) is 0 Å². The van der Waals surface area contributed by atoms with Gasteiger partial charge in [0.15, 0.2) is 5.69 Å². The van der Waals surface area contributed by atoms with Gasteiger partial charge in [-0.15, -0.1) is 11.3 Å². The predicted molar refractivity (Wildman–Crippen MR) is 127 cm³/mol. The lowest BCUT2D eigenvalue weighted by atomic mass is 9.98. The number of likely N-dealkylation sites (tertiary alicyclic amines) is 1. The van der Waals surface area contributed by atoms with Gasteiger partial charge in [0, 0.05) is 30.8 Å². The first-order valence-corrected chi connectivity index (χ1v) is 12.0. The van der Waals surface area contributed by atoms with Crippen molar-refractivity contribution in [1.29, 1.82) is 0 Å². The second kappa shape index (κ2) is 8.92. The lowest BCUT2D eigenvalue weighted by Gasteiger charge is -2.31. The number of benzene rings is 2. The number of nitrogens with zero attached hydrogens (tertiary/aromatic N) is 4. The van der Waals surface area contributed by atoms with Gasteiger partial charge in [-0.05, 0) is 44.0 Å². The molecule has 35 heavy (non-hydrogen) atoms. The maximum absolute atomic E-state index is 13.6. The third kappa shape index (κ3) is 4.45. The summed E-state index contributed by atoms with van der Waals surface area (Å²) in [4.78, 5) is 32.3. The van der Waals surface area contributed by atoms with Crippen LogP contribution < -0.4 is 5.43 Å². The van der Waals surface area contributed by atoms with Gasteiger partial charge in [-0.2, -0.15) is 18.3 Å². The minimum absolute atomic E-state index is 0.0173. The van der Waals surface area contributed by atoms with E-state index >= 15 is 0 Å². The van der Waals surface area contributed by atoms with E-state index in [9.17, 15) is 22.8 Å². The molecule has 0 radical (unpaired) electrons. The van der Waals surface area contributed by atoms with Gasteiger partial charge in [0.1, 0.15) is 0 Å². The Hall–Kier alpha value is -3.53. The lowest BCUT2D eigenvalue weighted by Crippen LogP contribution is -2.42. The topological polar surface area (TPSA) is 68.1 Å². The van der Waals surface area contributed by atoms with E-state index in [2.05, 4.69) is 5.10 Å². The zero-order valence-corrected chi connectivity index (χ0v) is 19.6. The number of hydrogen-bond acceptors (Lipinski definition) is 5. The first kappa shape index (κ1) is 23.2. The van der Waals surface area contributed by atoms with Crippen LogP contribution >= 0.6 is 11.3 Å². The Morgan fingerprint density at radius 2 is 1.86 bits per heavy atom. The molecule has 1 fully saturated rings. The van der Waals surface area contributed by atoms with E-state index in [4.69, 9.17) is 4.98 Å². The first-order valence-electron chi connectivity index (χ1n) is 11.1. The summed E-state index contributed by atoms with van der Waals surface area (Å²) in [6, 6.07) is 13.9. The zero-order valence-electron chi connectivity index (χ0n) is 18.7. The number of aromatic nitrogens is 3. The number of thiazole rings is 1. The van der Waals surface area contributed by atoms with E-state index in [-0.39, 0.29) is 17.3 Å². The number of rotatable bonds is 3. The van der Waals surface area contributed by atoms with Crippen molar-refractivity contribution in [3.05, 3.63) is 86.8 Å². The van der Waals surface area contributed by atoms with Crippen LogP contribution in [0.3, 0.4) is 0 Å². The molecule has 5 rings (SSSR count). The van der Waals surface area contributed by atoms with Crippen molar-refractivity contribution in [3.8, 4) is 5.69 Å². The SMILES string of the molecule is Cc1cc(=O)c(C(=O)N2CCCC(c3nc4ccccc4s3)C2)nn1-c1ccccc1C(F)(F)F. The van der Waals surface area contributed by atoms with Gasteiger partial charge in [-0.3, -0.25) is 9.59 Å². The second-order valence-corrected chi connectivity index (χ2v) is 9.60. The number of carbonyl (C=O) groups excluding carboxylic acids is 1. The molecule has 1 saturated heterocycles. The Balaban J connectivity index is 1.47. The van der Waals surface area contributed by atoms with E-state index in [1.54, 1.807) is 16.2 Å². The first-order chi connectivity index (χ1) is 16.7. The summed E-state index contributed by atoms with van der Waals surface area (Å²) < 4.78 is 42.9. The summed E-state index contributed by atoms with van der Waals surface area (Å²) in [7, 11) is 0. The van der Waals surface area contributed by atoms with Gasteiger partial charge < -0.3 is 4.90 Å². The monoisotopic (exact) mass is 498 g/mol. The van der Waals surface area contributed by atoms with Gasteiger partial charge in [0.05, 0.1) is 26.5 Å². The molecule has 0 bridgehead atoms. The number of para-hydroxylation sites is 2. The maximum Gasteiger partial charge on any atom is 0.418 e. The molecule has 0 spiro atoms. The number of piperidine rings is 1. The summed E-state index contributed by atoms with van der Waals surface area (Å²) in [5, 5.41) is 5.05. The normalized spacial score (nSPS) is 16.6. The molecule has 1 aliphatic rings. The number of halogens is 3. The minimum atomic E-state index is -4.62. The van der Waals surface area contributed by atoms with Crippen molar-refractivity contribution in [2.75, 3.05) is 13.1 Å². The second-order valence-electron chi connectivity index (χ2n) is 8.54. The van der Waals surface area contributed by atoms with Crippen LogP contribution in [0.5, 0.6) is 0 Å². The van der Waals surface area contributed by atoms with Crippen LogP contribution in [0.15, 0.2) is 59.4 Å². The van der Waals surface area contributed by atoms with Crippen molar-refractivity contribution < 1.29 is 18.0 Å². The van der Waals surface area contributed by atoms with E-state index in [1.165, 1.54) is 25.1 Å². The van der Waals surface area contributed by atoms with Crippen LogP contribution in [0.25, 0.3) is 15.9 Å². The van der Waals surface area contributed by atoms with Crippen LogP contribution in [0, 0.1) is 6.92 Å². The van der Waals surface area contributed by atoms with Crippen molar-refractivity contribution in [3.63, 3.8) is 0 Å². The van der Waals surface area contributed by atoms with Crippen LogP contribution in [-0.4, -0.2) is 38.7 Å². The van der Waals surface area contributed by atoms with Gasteiger partial charge in [-0.25, -0.2) is 9.67 Å². The van der Waals surface area contributed by atoms with Crippen LogP contribution in [0.4, 0.5) is 13.2 Å². The molecule has 3 heterocycles. The highest BCUT2D eigenvalue weighted by atomic mass is 32.1. The zero-order chi connectivity index (χ0) is 24.7. The van der Waals surface area contributed by atoms with E-state index in [1.807, 2.05) is 24.3 Å². The Morgan fingerprint density at radius 3 is 2.63 bits per heavy atom. The number of fused-ring (bicyclic) bond motifs is 1. The molecule has 180 valence electrons. The average molecular weight is 499 g/mol. The summed E-state index contributed by atoms with van der Waals surface area (Å²) >= 11 is 1.58. The number of hydrogen-bond donors (Lipinski definition) is 0. The highest BCUT2D eigenvalue weighted by molar-refractivity contribution is 7.18. The molecule has 6 nitrogen and oxygen atoms in total. The van der Waals surface area contributed by atoms with Crippen LogP contribution in [-0.2, 0) is 6.18 Å². The molecule has 2 aromatic heterocycles. The third-order valence-electron chi connectivity index (χ3n) is 6.12. The minimum Gasteiger partial charge on any atom is -0.336 e. The van der Waals surface area contributed by atoms with Crippen molar-refractivity contribution in [1.82, 2.24) is 19.7 Å². The van der Waals surface area contributed by atoms with Crippen molar-refractivity contribution in [2.45, 2.75) is 31.9 Å². The van der Waals surface area contributed by atoms with Crippen LogP contribution in [0.1, 0.15) is 45.5 Å². The number of amides is 1. The van der Waals surface area contributed by atoms with E-state index in [0.29, 0.717) is 13.1 Å². The predicted octanol–water partition coefficient (Wildman–Crippen LogP) is 5.19. The molecule has 0 aliphatic carbocycles. The molecule has 1 aliphatic heterocycles. The number of aryl methyl sites for hydroxylation is 1. The molecule has 2 aromatic carbocycles. The van der Waals surface area contributed by atoms with Gasteiger partial charge in [-0.1, -0.05) is 24.3 Å². The molecular formula is C25H21F3N4O2S. The summed E-state index contributed by atoms with van der Waals surface area (Å²) in [6.45, 7) is 2.29. The highest BCUT2D eigenvalue weighted by Crippen LogP contribution is 2.35. The standard InChI is InChI=1S/C25H21F3N4O2S/c1-15-13-20(33)22(30-32(15)19-10-4-2-8-17(19)25(26,27)28)24(34)31-12-6-7-16(14-31)23-29-18-9-3-5-11-21(18)35-23/h2-5,8-11,13,16H,6-7,12,14H2,1H3. The quantitative estimate of drug-likeness (QED) is 0.390. The fraction of sp³-hybridized carbons (Fsp3) is 0.280. The molecule has 1 amide bonds. The molecule has 10 heteroatoms. The summed E-state index contributed by atoms with van der Waals surface area (Å²) in [5.41, 5.74) is -1.03. The number of alkyl halides is 3.